The molecule has 4 heteroatoms. The number of nitrogens with zero attached hydrogens (tertiary/aromatic N) is 1. The Labute approximate surface area is 128 Å². The number of anilines is 1. The molecule has 2 atom stereocenters. The van der Waals surface area contributed by atoms with Crippen LogP contribution in [0.2, 0.25) is 5.02 Å². The normalized spacial score (nSPS) is 14.1. The average molecular weight is 299 g/mol. The van der Waals surface area contributed by atoms with Gasteiger partial charge in [0, 0.05) is 25.7 Å². The van der Waals surface area contributed by atoms with E-state index in [0.717, 1.165) is 30.1 Å². The molecule has 2 N–H and O–H groups in total. The number of rotatable bonds is 8. The highest BCUT2D eigenvalue weighted by Gasteiger charge is 2.16. The van der Waals surface area contributed by atoms with Gasteiger partial charge in [-0.2, -0.15) is 0 Å². The van der Waals surface area contributed by atoms with Gasteiger partial charge >= 0.3 is 0 Å². The van der Waals surface area contributed by atoms with E-state index in [2.05, 4.69) is 37.8 Å². The molecule has 0 fully saturated rings. The highest BCUT2D eigenvalue weighted by Crippen LogP contribution is 2.28. The Kier molecular flexibility index (Phi) is 7.35. The van der Waals surface area contributed by atoms with Crippen LogP contribution in [0.1, 0.15) is 32.8 Å². The predicted molar refractivity (Wildman–Crippen MR) is 87.8 cm³/mol. The van der Waals surface area contributed by atoms with Gasteiger partial charge in [0.1, 0.15) is 0 Å². The second-order valence-corrected chi connectivity index (χ2v) is 5.66. The fraction of sp³-hybridized carbons (Fsp3) is 0.625. The Morgan fingerprint density at radius 2 is 2.05 bits per heavy atom. The maximum absolute atomic E-state index is 6.45. The zero-order chi connectivity index (χ0) is 15.1. The number of methoxy groups -OCH3 is 1. The van der Waals surface area contributed by atoms with E-state index in [4.69, 9.17) is 22.1 Å². The molecule has 0 aromatic heterocycles. The van der Waals surface area contributed by atoms with Crippen LogP contribution in [0.5, 0.6) is 0 Å². The first-order valence-corrected chi connectivity index (χ1v) is 7.70. The molecule has 0 heterocycles. The maximum atomic E-state index is 6.45. The zero-order valence-electron chi connectivity index (χ0n) is 13.0. The smallest absolute Gasteiger partial charge is 0.0663 e. The molecule has 114 valence electrons. The summed E-state index contributed by atoms with van der Waals surface area (Å²) in [4.78, 5) is 2.26. The Morgan fingerprint density at radius 3 is 2.55 bits per heavy atom. The van der Waals surface area contributed by atoms with Gasteiger partial charge in [-0.15, -0.1) is 0 Å². The van der Waals surface area contributed by atoms with E-state index < -0.39 is 0 Å². The van der Waals surface area contributed by atoms with Crippen molar-refractivity contribution in [1.82, 2.24) is 0 Å². The molecule has 1 rings (SSSR count). The van der Waals surface area contributed by atoms with Crippen LogP contribution in [0.15, 0.2) is 18.2 Å². The largest absolute Gasteiger partial charge is 0.383 e. The zero-order valence-corrected chi connectivity index (χ0v) is 13.8. The van der Waals surface area contributed by atoms with E-state index in [9.17, 15) is 0 Å². The van der Waals surface area contributed by atoms with Gasteiger partial charge in [0.05, 0.1) is 17.3 Å². The van der Waals surface area contributed by atoms with Crippen LogP contribution in [0, 0.1) is 0 Å². The summed E-state index contributed by atoms with van der Waals surface area (Å²) in [6.07, 6.45) is 1.85. The molecule has 0 saturated carbocycles. The van der Waals surface area contributed by atoms with E-state index in [1.165, 1.54) is 5.56 Å². The summed E-state index contributed by atoms with van der Waals surface area (Å²) in [6.45, 7) is 7.96. The third-order valence-electron chi connectivity index (χ3n) is 3.62. The minimum Gasteiger partial charge on any atom is -0.383 e. The van der Waals surface area contributed by atoms with Crippen molar-refractivity contribution in [2.45, 2.75) is 45.7 Å². The van der Waals surface area contributed by atoms with Crippen molar-refractivity contribution < 1.29 is 4.74 Å². The Balaban J connectivity index is 2.90. The summed E-state index contributed by atoms with van der Waals surface area (Å²) in [5.41, 5.74) is 8.26. The molecule has 1 aromatic rings. The number of halogens is 1. The second kappa shape index (κ2) is 8.50. The Morgan fingerprint density at radius 1 is 1.35 bits per heavy atom. The van der Waals surface area contributed by atoms with Crippen molar-refractivity contribution in [3.63, 3.8) is 0 Å². The van der Waals surface area contributed by atoms with Crippen molar-refractivity contribution in [2.24, 2.45) is 5.73 Å². The summed E-state index contributed by atoms with van der Waals surface area (Å²) in [6, 6.07) is 6.75. The summed E-state index contributed by atoms with van der Waals surface area (Å²) in [7, 11) is 1.72. The van der Waals surface area contributed by atoms with Crippen LogP contribution < -0.4 is 10.6 Å². The first-order chi connectivity index (χ1) is 9.53. The van der Waals surface area contributed by atoms with Crippen LogP contribution >= 0.6 is 11.6 Å². The molecule has 0 aliphatic heterocycles. The Bertz CT molecular complexity index is 411. The first kappa shape index (κ1) is 17.3. The highest BCUT2D eigenvalue weighted by molar-refractivity contribution is 6.33. The van der Waals surface area contributed by atoms with Crippen LogP contribution in [-0.4, -0.2) is 32.3 Å². The van der Waals surface area contributed by atoms with Gasteiger partial charge in [0.15, 0.2) is 0 Å². The van der Waals surface area contributed by atoms with Crippen molar-refractivity contribution in [1.29, 1.82) is 0 Å². The summed E-state index contributed by atoms with van der Waals surface area (Å²) in [5.74, 6) is 0. The molecule has 0 aliphatic carbocycles. The standard InChI is InChI=1S/C16H27ClN2O/c1-5-14(18)9-13-7-8-16(15(17)10-13)19(6-2)12(3)11-20-4/h7-8,10,12,14H,5-6,9,11,18H2,1-4H3. The van der Waals surface area contributed by atoms with Crippen molar-refractivity contribution in [3.05, 3.63) is 28.8 Å². The van der Waals surface area contributed by atoms with Gasteiger partial charge in [-0.3, -0.25) is 0 Å². The van der Waals surface area contributed by atoms with Crippen LogP contribution in [0.3, 0.4) is 0 Å². The molecular weight excluding hydrogens is 272 g/mol. The van der Waals surface area contributed by atoms with Gasteiger partial charge in [-0.05, 0) is 44.4 Å². The molecule has 3 nitrogen and oxygen atoms in total. The summed E-state index contributed by atoms with van der Waals surface area (Å²) in [5, 5.41) is 0.788. The SMILES string of the molecule is CCC(N)Cc1ccc(N(CC)C(C)COC)c(Cl)c1. The van der Waals surface area contributed by atoms with E-state index in [1.54, 1.807) is 7.11 Å². The fourth-order valence-corrected chi connectivity index (χ4v) is 2.72. The van der Waals surface area contributed by atoms with Crippen LogP contribution in [0.4, 0.5) is 5.69 Å². The lowest BCUT2D eigenvalue weighted by Gasteiger charge is -2.30. The molecule has 20 heavy (non-hydrogen) atoms. The van der Waals surface area contributed by atoms with E-state index >= 15 is 0 Å². The number of hydrogen-bond acceptors (Lipinski definition) is 3. The third kappa shape index (κ3) is 4.65. The lowest BCUT2D eigenvalue weighted by atomic mass is 10.0. The molecule has 2 unspecified atom stereocenters. The Hall–Kier alpha value is -0.770. The highest BCUT2D eigenvalue weighted by atomic mass is 35.5. The van der Waals surface area contributed by atoms with Gasteiger partial charge in [0.2, 0.25) is 0 Å². The number of likely N-dealkylation sites (N-methyl/N-ethyl adjacent to an activating group) is 1. The first-order valence-electron chi connectivity index (χ1n) is 7.33. The van der Waals surface area contributed by atoms with Gasteiger partial charge in [-0.1, -0.05) is 24.6 Å². The van der Waals surface area contributed by atoms with Crippen molar-refractivity contribution in [3.8, 4) is 0 Å². The number of benzene rings is 1. The maximum Gasteiger partial charge on any atom is 0.0663 e. The molecular formula is C16H27ClN2O. The third-order valence-corrected chi connectivity index (χ3v) is 3.93. The van der Waals surface area contributed by atoms with Crippen molar-refractivity contribution >= 4 is 17.3 Å². The minimum absolute atomic E-state index is 0.201. The van der Waals surface area contributed by atoms with Crippen LogP contribution in [0.25, 0.3) is 0 Å². The topological polar surface area (TPSA) is 38.5 Å². The van der Waals surface area contributed by atoms with Crippen molar-refractivity contribution in [2.75, 3.05) is 25.2 Å². The van der Waals surface area contributed by atoms with E-state index in [1.807, 2.05) is 6.07 Å². The lowest BCUT2D eigenvalue weighted by molar-refractivity contribution is 0.182. The molecule has 0 spiro atoms. The molecule has 0 aliphatic rings. The number of hydrogen-bond donors (Lipinski definition) is 1. The monoisotopic (exact) mass is 298 g/mol. The number of ether oxygens (including phenoxy) is 1. The number of nitrogens with two attached hydrogens (primary N) is 1. The average Bonchev–Trinajstić information content (AvgIpc) is 2.42. The summed E-state index contributed by atoms with van der Waals surface area (Å²) < 4.78 is 5.24. The van der Waals surface area contributed by atoms with Gasteiger partial charge < -0.3 is 15.4 Å². The molecule has 0 amide bonds. The molecule has 0 bridgehead atoms. The van der Waals surface area contributed by atoms with E-state index in [0.29, 0.717) is 12.6 Å². The molecule has 0 saturated heterocycles. The lowest BCUT2D eigenvalue weighted by Crippen LogP contribution is -2.36. The van der Waals surface area contributed by atoms with E-state index in [-0.39, 0.29) is 6.04 Å². The van der Waals surface area contributed by atoms with Gasteiger partial charge in [0.25, 0.3) is 0 Å². The molecule has 0 radical (unpaired) electrons. The minimum atomic E-state index is 0.201. The quantitative estimate of drug-likeness (QED) is 0.798. The molecule has 1 aromatic carbocycles. The summed E-state index contributed by atoms with van der Waals surface area (Å²) >= 11 is 6.45. The predicted octanol–water partition coefficient (Wildman–Crippen LogP) is 3.48. The van der Waals surface area contributed by atoms with Gasteiger partial charge in [-0.25, -0.2) is 0 Å². The fourth-order valence-electron chi connectivity index (χ4n) is 2.41. The second-order valence-electron chi connectivity index (χ2n) is 5.25. The van der Waals surface area contributed by atoms with Crippen LogP contribution in [-0.2, 0) is 11.2 Å².